The van der Waals surface area contributed by atoms with Crippen LogP contribution in [0.2, 0.25) is 0 Å². The lowest BCUT2D eigenvalue weighted by atomic mass is 10.1. The van der Waals surface area contributed by atoms with Crippen LogP contribution in [0.1, 0.15) is 15.9 Å². The fourth-order valence-corrected chi connectivity index (χ4v) is 2.26. The largest absolute Gasteiger partial charge is 0.382 e. The second-order valence-corrected chi connectivity index (χ2v) is 6.11. The quantitative estimate of drug-likeness (QED) is 0.738. The van der Waals surface area contributed by atoms with Crippen molar-refractivity contribution >= 4 is 15.9 Å². The molecule has 8 heteroatoms. The number of nitrogens with two attached hydrogens (primary N) is 1. The molecule has 0 aliphatic rings. The highest BCUT2D eigenvalue weighted by Crippen LogP contribution is 2.14. The van der Waals surface area contributed by atoms with Crippen molar-refractivity contribution in [1.82, 2.24) is 5.32 Å². The van der Waals surface area contributed by atoms with Gasteiger partial charge in [-0.15, -0.1) is 0 Å². The van der Waals surface area contributed by atoms with Crippen molar-refractivity contribution in [2.75, 3.05) is 27.4 Å². The number of methoxy groups -OCH3 is 2. The molecule has 0 saturated carbocycles. The molecule has 0 fully saturated rings. The van der Waals surface area contributed by atoms with Gasteiger partial charge in [-0.1, -0.05) is 6.07 Å². The highest BCUT2D eigenvalue weighted by atomic mass is 32.2. The highest BCUT2D eigenvalue weighted by Gasteiger charge is 2.16. The van der Waals surface area contributed by atoms with Gasteiger partial charge in [0, 0.05) is 26.3 Å². The van der Waals surface area contributed by atoms with Gasteiger partial charge in [0.1, 0.15) is 0 Å². The number of aryl methyl sites for hydroxylation is 1. The maximum absolute atomic E-state index is 12.1. The Morgan fingerprint density at radius 3 is 2.57 bits per heavy atom. The van der Waals surface area contributed by atoms with Crippen LogP contribution in [0.3, 0.4) is 0 Å². The van der Waals surface area contributed by atoms with E-state index in [9.17, 15) is 13.2 Å². The molecule has 0 spiro atoms. The van der Waals surface area contributed by atoms with E-state index in [1.54, 1.807) is 6.92 Å². The standard InChI is InChI=1S/C13H20N2O5S/c1-9-4-5-11(21(14,17)18)6-12(9)13(16)15-7-10(20-3)8-19-2/h4-6,10H,7-8H2,1-3H3,(H,15,16)(H2,14,17,18). The van der Waals surface area contributed by atoms with Crippen LogP contribution in [0.5, 0.6) is 0 Å². The SMILES string of the molecule is COCC(CNC(=O)c1cc(S(N)(=O)=O)ccc1C)OC. The number of nitrogens with one attached hydrogen (secondary N) is 1. The van der Waals surface area contributed by atoms with E-state index >= 15 is 0 Å². The van der Waals surface area contributed by atoms with Gasteiger partial charge in [0.25, 0.3) is 5.91 Å². The number of primary sulfonamides is 1. The van der Waals surface area contributed by atoms with Crippen LogP contribution in [0.15, 0.2) is 23.1 Å². The lowest BCUT2D eigenvalue weighted by Crippen LogP contribution is -2.36. The Morgan fingerprint density at radius 1 is 1.38 bits per heavy atom. The van der Waals surface area contributed by atoms with Crippen molar-refractivity contribution in [2.45, 2.75) is 17.9 Å². The number of ether oxygens (including phenoxy) is 2. The molecule has 7 nitrogen and oxygen atoms in total. The zero-order valence-corrected chi connectivity index (χ0v) is 13.1. The van der Waals surface area contributed by atoms with Gasteiger partial charge in [-0.25, -0.2) is 13.6 Å². The highest BCUT2D eigenvalue weighted by molar-refractivity contribution is 7.89. The summed E-state index contributed by atoms with van der Waals surface area (Å²) >= 11 is 0. The van der Waals surface area contributed by atoms with Crippen molar-refractivity contribution in [3.05, 3.63) is 29.3 Å². The van der Waals surface area contributed by atoms with Crippen molar-refractivity contribution in [1.29, 1.82) is 0 Å². The Hall–Kier alpha value is -1.48. The first-order valence-corrected chi connectivity index (χ1v) is 7.77. The molecule has 0 heterocycles. The molecule has 1 aromatic rings. The number of carbonyl (C=O) groups excluding carboxylic acids is 1. The summed E-state index contributed by atoms with van der Waals surface area (Å²) in [5.74, 6) is -0.392. The molecule has 1 rings (SSSR count). The fraction of sp³-hybridized carbons (Fsp3) is 0.462. The molecule has 3 N–H and O–H groups in total. The molecule has 0 radical (unpaired) electrons. The zero-order valence-electron chi connectivity index (χ0n) is 12.3. The van der Waals surface area contributed by atoms with E-state index < -0.39 is 15.9 Å². The van der Waals surface area contributed by atoms with Crippen molar-refractivity contribution in [3.8, 4) is 0 Å². The minimum Gasteiger partial charge on any atom is -0.382 e. The molecular formula is C13H20N2O5S. The maximum Gasteiger partial charge on any atom is 0.251 e. The van der Waals surface area contributed by atoms with Crippen LogP contribution >= 0.6 is 0 Å². The summed E-state index contributed by atoms with van der Waals surface area (Å²) in [6.07, 6.45) is -0.277. The summed E-state index contributed by atoms with van der Waals surface area (Å²) in [5, 5.41) is 7.74. The summed E-state index contributed by atoms with van der Waals surface area (Å²) in [6, 6.07) is 4.17. The lowest BCUT2D eigenvalue weighted by molar-refractivity contribution is 0.0285. The minimum atomic E-state index is -3.84. The van der Waals surface area contributed by atoms with Crippen molar-refractivity contribution < 1.29 is 22.7 Å². The topological polar surface area (TPSA) is 108 Å². The molecule has 118 valence electrons. The minimum absolute atomic E-state index is 0.0987. The molecule has 1 aromatic carbocycles. The average molecular weight is 316 g/mol. The second-order valence-electron chi connectivity index (χ2n) is 4.54. The molecule has 0 aliphatic carbocycles. The normalized spacial score (nSPS) is 13.0. The molecular weight excluding hydrogens is 296 g/mol. The first kappa shape index (κ1) is 17.6. The van der Waals surface area contributed by atoms with Crippen molar-refractivity contribution in [2.24, 2.45) is 5.14 Å². The van der Waals surface area contributed by atoms with E-state index in [1.807, 2.05) is 0 Å². The Morgan fingerprint density at radius 2 is 2.05 bits per heavy atom. The Labute approximate surface area is 124 Å². The van der Waals surface area contributed by atoms with Gasteiger partial charge >= 0.3 is 0 Å². The third-order valence-corrected chi connectivity index (χ3v) is 3.87. The number of sulfonamides is 1. The van der Waals surface area contributed by atoms with Crippen LogP contribution in [0.25, 0.3) is 0 Å². The van der Waals surface area contributed by atoms with Gasteiger partial charge in [-0.2, -0.15) is 0 Å². The zero-order chi connectivity index (χ0) is 16.0. The number of amides is 1. The van der Waals surface area contributed by atoms with E-state index in [0.29, 0.717) is 12.2 Å². The van der Waals surface area contributed by atoms with Crippen LogP contribution < -0.4 is 10.5 Å². The van der Waals surface area contributed by atoms with Crippen molar-refractivity contribution in [3.63, 3.8) is 0 Å². The maximum atomic E-state index is 12.1. The van der Waals surface area contributed by atoms with E-state index in [-0.39, 0.29) is 23.1 Å². The van der Waals surface area contributed by atoms with Gasteiger partial charge in [-0.3, -0.25) is 4.79 Å². The average Bonchev–Trinajstić information content (AvgIpc) is 2.42. The van der Waals surface area contributed by atoms with Crippen LogP contribution in [-0.2, 0) is 19.5 Å². The number of benzene rings is 1. The Kier molecular flexibility index (Phi) is 6.28. The molecule has 0 bridgehead atoms. The Bertz CT molecular complexity index is 601. The summed E-state index contributed by atoms with van der Waals surface area (Å²) in [5.41, 5.74) is 0.911. The fourth-order valence-electron chi connectivity index (χ4n) is 1.72. The predicted octanol–water partition coefficient (Wildman–Crippen LogP) is 0.0336. The molecule has 0 aromatic heterocycles. The molecule has 1 unspecified atom stereocenters. The molecule has 0 saturated heterocycles. The van der Waals surface area contributed by atoms with Crippen LogP contribution in [0.4, 0.5) is 0 Å². The van der Waals surface area contributed by atoms with Gasteiger partial charge in [0.15, 0.2) is 0 Å². The molecule has 21 heavy (non-hydrogen) atoms. The molecule has 1 amide bonds. The van der Waals surface area contributed by atoms with Gasteiger partial charge in [0.05, 0.1) is 17.6 Å². The monoisotopic (exact) mass is 316 g/mol. The second kappa shape index (κ2) is 7.51. The Balaban J connectivity index is 2.87. The summed E-state index contributed by atoms with van der Waals surface area (Å²) in [7, 11) is -0.793. The molecule has 1 atom stereocenters. The smallest absolute Gasteiger partial charge is 0.251 e. The number of carbonyl (C=O) groups is 1. The van der Waals surface area contributed by atoms with Gasteiger partial charge in [-0.05, 0) is 24.6 Å². The third-order valence-electron chi connectivity index (χ3n) is 2.96. The van der Waals surface area contributed by atoms with Gasteiger partial charge in [0.2, 0.25) is 10.0 Å². The number of hydrogen-bond acceptors (Lipinski definition) is 5. The van der Waals surface area contributed by atoms with Crippen LogP contribution in [-0.4, -0.2) is 47.8 Å². The molecule has 0 aliphatic heterocycles. The summed E-state index contributed by atoms with van der Waals surface area (Å²) < 4.78 is 32.7. The van der Waals surface area contributed by atoms with E-state index in [2.05, 4.69) is 5.32 Å². The predicted molar refractivity (Wildman–Crippen MR) is 77.6 cm³/mol. The lowest BCUT2D eigenvalue weighted by Gasteiger charge is -2.15. The summed E-state index contributed by atoms with van der Waals surface area (Å²) in [6.45, 7) is 2.31. The van der Waals surface area contributed by atoms with E-state index in [1.165, 1.54) is 32.4 Å². The first-order chi connectivity index (χ1) is 9.79. The third kappa shape index (κ3) is 5.09. The first-order valence-electron chi connectivity index (χ1n) is 6.23. The number of rotatable bonds is 7. The van der Waals surface area contributed by atoms with Gasteiger partial charge < -0.3 is 14.8 Å². The van der Waals surface area contributed by atoms with E-state index in [0.717, 1.165) is 0 Å². The van der Waals surface area contributed by atoms with Crippen LogP contribution in [0, 0.1) is 6.92 Å². The summed E-state index contributed by atoms with van der Waals surface area (Å²) in [4.78, 5) is 12.0. The number of hydrogen-bond donors (Lipinski definition) is 2. The van der Waals surface area contributed by atoms with E-state index in [4.69, 9.17) is 14.6 Å².